The summed E-state index contributed by atoms with van der Waals surface area (Å²) >= 11 is 0. The van der Waals surface area contributed by atoms with E-state index in [1.165, 1.54) is 12.8 Å². The van der Waals surface area contributed by atoms with Gasteiger partial charge in [0.2, 0.25) is 11.8 Å². The number of morpholine rings is 1. The van der Waals surface area contributed by atoms with Crippen LogP contribution in [-0.2, 0) is 4.74 Å². The normalized spacial score (nSPS) is 20.5. The number of hydrogen-bond acceptors (Lipinski definition) is 6. The summed E-state index contributed by atoms with van der Waals surface area (Å²) in [4.78, 5) is 14.5. The molecule has 1 saturated heterocycles. The number of carbonyl (C=O) groups is 1. The van der Waals surface area contributed by atoms with E-state index in [1.54, 1.807) is 11.8 Å². The van der Waals surface area contributed by atoms with Crippen LogP contribution in [0.25, 0.3) is 0 Å². The summed E-state index contributed by atoms with van der Waals surface area (Å²) < 4.78 is 16.8. The molecule has 7 heteroatoms. The number of hydrogen-bond donors (Lipinski definition) is 0. The fraction of sp³-hybridized carbons (Fsp3) is 0.500. The van der Waals surface area contributed by atoms with Gasteiger partial charge in [-0.25, -0.2) is 0 Å². The van der Waals surface area contributed by atoms with Gasteiger partial charge >= 0.3 is 0 Å². The molecule has 0 bridgehead atoms. The monoisotopic (exact) mass is 343 g/mol. The third-order valence-corrected chi connectivity index (χ3v) is 4.45. The Morgan fingerprint density at radius 2 is 2.08 bits per heavy atom. The molecule has 1 saturated carbocycles. The van der Waals surface area contributed by atoms with Crippen LogP contribution in [-0.4, -0.2) is 47.3 Å². The molecule has 1 aromatic heterocycles. The van der Waals surface area contributed by atoms with Gasteiger partial charge in [0, 0.05) is 19.0 Å². The third kappa shape index (κ3) is 3.82. The molecule has 2 aliphatic rings. The van der Waals surface area contributed by atoms with Crippen molar-refractivity contribution in [2.75, 3.05) is 26.3 Å². The van der Waals surface area contributed by atoms with Crippen molar-refractivity contribution in [3.8, 4) is 5.75 Å². The molecule has 2 fully saturated rings. The predicted molar refractivity (Wildman–Crippen MR) is 88.3 cm³/mol. The van der Waals surface area contributed by atoms with E-state index in [4.69, 9.17) is 13.9 Å². The first-order chi connectivity index (χ1) is 12.2. The molecule has 1 aromatic carbocycles. The van der Waals surface area contributed by atoms with Gasteiger partial charge in [0.15, 0.2) is 6.10 Å². The van der Waals surface area contributed by atoms with Crippen LogP contribution in [0.4, 0.5) is 0 Å². The van der Waals surface area contributed by atoms with Crippen LogP contribution in [0.2, 0.25) is 0 Å². The summed E-state index contributed by atoms with van der Waals surface area (Å²) in [6.07, 6.45) is 2.14. The molecule has 25 heavy (non-hydrogen) atoms. The van der Waals surface area contributed by atoms with Crippen LogP contribution in [0.3, 0.4) is 0 Å². The van der Waals surface area contributed by atoms with Gasteiger partial charge in [-0.1, -0.05) is 0 Å². The minimum Gasteiger partial charge on any atom is -0.493 e. The number of benzene rings is 1. The minimum absolute atomic E-state index is 0.0294. The molecule has 4 rings (SSSR count). The molecule has 1 amide bonds. The Balaban J connectivity index is 1.39. The third-order valence-electron chi connectivity index (χ3n) is 4.45. The Morgan fingerprint density at radius 1 is 1.28 bits per heavy atom. The number of nitrogens with zero attached hydrogens (tertiary/aromatic N) is 3. The quantitative estimate of drug-likeness (QED) is 0.829. The highest BCUT2D eigenvalue weighted by molar-refractivity contribution is 5.94. The molecule has 1 atom stereocenters. The highest BCUT2D eigenvalue weighted by Crippen LogP contribution is 2.29. The Hall–Kier alpha value is -2.41. The first kappa shape index (κ1) is 16.1. The number of ether oxygens (including phenoxy) is 2. The Labute approximate surface area is 145 Å². The van der Waals surface area contributed by atoms with Crippen molar-refractivity contribution in [3.63, 3.8) is 0 Å². The lowest BCUT2D eigenvalue weighted by atomic mass is 10.1. The van der Waals surface area contributed by atoms with Gasteiger partial charge in [0.05, 0.1) is 19.8 Å². The lowest BCUT2D eigenvalue weighted by Crippen LogP contribution is -2.42. The summed E-state index contributed by atoms with van der Waals surface area (Å²) in [6, 6.07) is 7.33. The molecule has 0 spiro atoms. The van der Waals surface area contributed by atoms with Crippen LogP contribution in [0.5, 0.6) is 5.75 Å². The number of amides is 1. The maximum Gasteiger partial charge on any atom is 0.254 e. The van der Waals surface area contributed by atoms with E-state index in [0.29, 0.717) is 43.0 Å². The predicted octanol–water partition coefficient (Wildman–Crippen LogP) is 2.38. The summed E-state index contributed by atoms with van der Waals surface area (Å²) in [6.45, 7) is 3.89. The van der Waals surface area contributed by atoms with E-state index in [0.717, 1.165) is 12.4 Å². The highest BCUT2D eigenvalue weighted by atomic mass is 16.5. The Kier molecular flexibility index (Phi) is 4.40. The van der Waals surface area contributed by atoms with Crippen LogP contribution in [0.1, 0.15) is 41.1 Å². The largest absolute Gasteiger partial charge is 0.493 e. The SMILES string of the molecule is Cc1nnc([C@H]2CN(C(=O)c3ccc(OCC4CC4)cc3)CCO2)o1. The number of aromatic nitrogens is 2. The van der Waals surface area contributed by atoms with Gasteiger partial charge < -0.3 is 18.8 Å². The van der Waals surface area contributed by atoms with Crippen molar-refractivity contribution in [3.05, 3.63) is 41.6 Å². The lowest BCUT2D eigenvalue weighted by molar-refractivity contribution is -0.0349. The van der Waals surface area contributed by atoms with E-state index < -0.39 is 0 Å². The van der Waals surface area contributed by atoms with E-state index >= 15 is 0 Å². The topological polar surface area (TPSA) is 77.7 Å². The maximum absolute atomic E-state index is 12.7. The van der Waals surface area contributed by atoms with Gasteiger partial charge in [0.1, 0.15) is 5.75 Å². The second-order valence-corrected chi connectivity index (χ2v) is 6.55. The second-order valence-electron chi connectivity index (χ2n) is 6.55. The second kappa shape index (κ2) is 6.84. The van der Waals surface area contributed by atoms with Crippen LogP contribution in [0, 0.1) is 12.8 Å². The van der Waals surface area contributed by atoms with Crippen LogP contribution in [0.15, 0.2) is 28.7 Å². The lowest BCUT2D eigenvalue weighted by Gasteiger charge is -2.31. The van der Waals surface area contributed by atoms with Crippen molar-refractivity contribution in [1.29, 1.82) is 0 Å². The fourth-order valence-corrected chi connectivity index (χ4v) is 2.80. The van der Waals surface area contributed by atoms with Gasteiger partial charge in [-0.05, 0) is 43.0 Å². The van der Waals surface area contributed by atoms with Crippen molar-refractivity contribution in [2.45, 2.75) is 25.9 Å². The summed E-state index contributed by atoms with van der Waals surface area (Å²) in [5.41, 5.74) is 0.640. The fourth-order valence-electron chi connectivity index (χ4n) is 2.80. The van der Waals surface area contributed by atoms with Crippen molar-refractivity contribution in [1.82, 2.24) is 15.1 Å². The zero-order valence-electron chi connectivity index (χ0n) is 14.2. The molecular weight excluding hydrogens is 322 g/mol. The van der Waals surface area contributed by atoms with E-state index in [1.807, 2.05) is 24.3 Å². The van der Waals surface area contributed by atoms with Gasteiger partial charge in [-0.15, -0.1) is 10.2 Å². The first-order valence-corrected chi connectivity index (χ1v) is 8.63. The zero-order valence-corrected chi connectivity index (χ0v) is 14.2. The van der Waals surface area contributed by atoms with Crippen molar-refractivity contribution >= 4 is 5.91 Å². The molecule has 1 aliphatic carbocycles. The molecule has 2 aromatic rings. The molecular formula is C18H21N3O4. The van der Waals surface area contributed by atoms with Crippen molar-refractivity contribution in [2.24, 2.45) is 5.92 Å². The molecule has 1 aliphatic heterocycles. The Bertz CT molecular complexity index is 739. The van der Waals surface area contributed by atoms with Crippen LogP contribution < -0.4 is 4.74 Å². The average molecular weight is 343 g/mol. The zero-order chi connectivity index (χ0) is 17.2. The standard InChI is InChI=1S/C18H21N3O4/c1-12-19-20-17(25-12)16-10-21(8-9-23-16)18(22)14-4-6-15(7-5-14)24-11-13-2-3-13/h4-7,13,16H,2-3,8-11H2,1H3/t16-/m1/s1. The van der Waals surface area contributed by atoms with Gasteiger partial charge in [-0.2, -0.15) is 0 Å². The highest BCUT2D eigenvalue weighted by Gasteiger charge is 2.29. The molecule has 0 unspecified atom stereocenters. The first-order valence-electron chi connectivity index (χ1n) is 8.63. The number of carbonyl (C=O) groups excluding carboxylic acids is 1. The number of aryl methyl sites for hydroxylation is 1. The van der Waals surface area contributed by atoms with Gasteiger partial charge in [0.25, 0.3) is 5.91 Å². The van der Waals surface area contributed by atoms with E-state index in [-0.39, 0.29) is 12.0 Å². The van der Waals surface area contributed by atoms with Crippen LogP contribution >= 0.6 is 0 Å². The van der Waals surface area contributed by atoms with E-state index in [2.05, 4.69) is 10.2 Å². The molecule has 132 valence electrons. The number of rotatable bonds is 5. The molecule has 0 radical (unpaired) electrons. The minimum atomic E-state index is -0.375. The average Bonchev–Trinajstić information content (AvgIpc) is 3.39. The van der Waals surface area contributed by atoms with Crippen molar-refractivity contribution < 1.29 is 18.7 Å². The molecule has 0 N–H and O–H groups in total. The summed E-state index contributed by atoms with van der Waals surface area (Å²) in [5, 5.41) is 7.81. The Morgan fingerprint density at radius 3 is 2.76 bits per heavy atom. The smallest absolute Gasteiger partial charge is 0.254 e. The maximum atomic E-state index is 12.7. The van der Waals surface area contributed by atoms with Gasteiger partial charge in [-0.3, -0.25) is 4.79 Å². The molecule has 2 heterocycles. The summed E-state index contributed by atoms with van der Waals surface area (Å²) in [5.74, 6) is 2.39. The molecule has 7 nitrogen and oxygen atoms in total. The summed E-state index contributed by atoms with van der Waals surface area (Å²) in [7, 11) is 0. The van der Waals surface area contributed by atoms with E-state index in [9.17, 15) is 4.79 Å².